The van der Waals surface area contributed by atoms with Crippen LogP contribution in [0.25, 0.3) is 0 Å². The zero-order chi connectivity index (χ0) is 21.6. The van der Waals surface area contributed by atoms with Gasteiger partial charge in [0.2, 0.25) is 11.8 Å². The van der Waals surface area contributed by atoms with E-state index in [0.717, 1.165) is 18.4 Å². The summed E-state index contributed by atoms with van der Waals surface area (Å²) in [4.78, 5) is 26.9. The maximum Gasteiger partial charge on any atom is 0.408 e. The van der Waals surface area contributed by atoms with E-state index >= 15 is 0 Å². The molecule has 1 fully saturated rings. The Kier molecular flexibility index (Phi) is 7.13. The summed E-state index contributed by atoms with van der Waals surface area (Å²) in [6, 6.07) is 14.3. The van der Waals surface area contributed by atoms with E-state index in [1.807, 2.05) is 0 Å². The summed E-state index contributed by atoms with van der Waals surface area (Å²) >= 11 is 0. The lowest BCUT2D eigenvalue weighted by molar-refractivity contribution is -0.165. The van der Waals surface area contributed by atoms with Crippen LogP contribution in [0.5, 0.6) is 0 Å². The Bertz CT molecular complexity index is 841. The first kappa shape index (κ1) is 21.9. The molecule has 0 aromatic heterocycles. The first-order valence-corrected chi connectivity index (χ1v) is 10.1. The molecule has 7 heteroatoms. The molecule has 3 rings (SSSR count). The van der Waals surface area contributed by atoms with Crippen LogP contribution < -0.4 is 5.32 Å². The first-order valence-electron chi connectivity index (χ1n) is 10.1. The zero-order valence-electron chi connectivity index (χ0n) is 16.6. The van der Waals surface area contributed by atoms with Crippen LogP contribution in [0.2, 0.25) is 0 Å². The molecule has 2 aromatic carbocycles. The third-order valence-corrected chi connectivity index (χ3v) is 5.31. The highest BCUT2D eigenvalue weighted by atomic mass is 19.4. The average Bonchev–Trinajstić information content (AvgIpc) is 2.73. The molecule has 1 N–H and O–H groups in total. The number of piperidine rings is 1. The number of amides is 2. The summed E-state index contributed by atoms with van der Waals surface area (Å²) < 4.78 is 41.0. The molecule has 0 bridgehead atoms. The number of halogens is 3. The molecule has 0 saturated carbocycles. The summed E-state index contributed by atoms with van der Waals surface area (Å²) in [6.45, 7) is 0.354. The predicted octanol–water partition coefficient (Wildman–Crippen LogP) is 4.42. The molecule has 0 aliphatic carbocycles. The molecule has 0 unspecified atom stereocenters. The molecule has 2 atom stereocenters. The van der Waals surface area contributed by atoms with Crippen molar-refractivity contribution in [1.82, 2.24) is 10.2 Å². The number of nitrogens with one attached hydrogen (secondary N) is 1. The number of carbonyl (C=O) groups is 2. The lowest BCUT2D eigenvalue weighted by Gasteiger charge is -2.35. The lowest BCUT2D eigenvalue weighted by Crippen LogP contribution is -2.52. The largest absolute Gasteiger partial charge is 0.408 e. The number of carbonyl (C=O) groups excluding carboxylic acids is 2. The number of benzene rings is 2. The van der Waals surface area contributed by atoms with Crippen LogP contribution in [0.3, 0.4) is 0 Å². The fourth-order valence-electron chi connectivity index (χ4n) is 3.73. The van der Waals surface area contributed by atoms with Crippen molar-refractivity contribution in [1.29, 1.82) is 0 Å². The SMILES string of the molecule is O=C(N[C@H](CCc1ccccc1)C(F)(F)F)[C@H](c1ccccc1)N1CCCCC1=O. The van der Waals surface area contributed by atoms with E-state index in [1.165, 1.54) is 4.90 Å². The van der Waals surface area contributed by atoms with Gasteiger partial charge in [0.1, 0.15) is 12.1 Å². The van der Waals surface area contributed by atoms with Gasteiger partial charge in [0.25, 0.3) is 0 Å². The summed E-state index contributed by atoms with van der Waals surface area (Å²) in [5.41, 5.74) is 1.28. The molecule has 1 aliphatic heterocycles. The Labute approximate surface area is 174 Å². The third-order valence-electron chi connectivity index (χ3n) is 5.31. The van der Waals surface area contributed by atoms with Crippen LogP contribution in [-0.2, 0) is 16.0 Å². The Morgan fingerprint density at radius 3 is 2.23 bits per heavy atom. The highest BCUT2D eigenvalue weighted by molar-refractivity contribution is 5.89. The van der Waals surface area contributed by atoms with Crippen molar-refractivity contribution in [2.24, 2.45) is 0 Å². The van der Waals surface area contributed by atoms with E-state index in [-0.39, 0.29) is 18.7 Å². The molecule has 2 aromatic rings. The van der Waals surface area contributed by atoms with Gasteiger partial charge >= 0.3 is 6.18 Å². The summed E-state index contributed by atoms with van der Waals surface area (Å²) in [5, 5.41) is 2.19. The normalized spacial score (nSPS) is 16.8. The second-order valence-corrected chi connectivity index (χ2v) is 7.48. The van der Waals surface area contributed by atoms with Gasteiger partial charge in [-0.25, -0.2) is 0 Å². The standard InChI is InChI=1S/C23H25F3N2O2/c24-23(25,26)19(15-14-17-9-3-1-4-10-17)27-22(30)21(18-11-5-2-6-12-18)28-16-8-7-13-20(28)29/h1-6,9-12,19,21H,7-8,13-16H2,(H,27,30)/t19-,21+/m1/s1. The van der Waals surface area contributed by atoms with Gasteiger partial charge in [0, 0.05) is 13.0 Å². The van der Waals surface area contributed by atoms with Crippen molar-refractivity contribution in [2.75, 3.05) is 6.54 Å². The first-order chi connectivity index (χ1) is 14.4. The van der Waals surface area contributed by atoms with Crippen molar-refractivity contribution in [3.05, 3.63) is 71.8 Å². The molecule has 2 amide bonds. The topological polar surface area (TPSA) is 49.4 Å². The van der Waals surface area contributed by atoms with Crippen LogP contribution in [0.15, 0.2) is 60.7 Å². The fraction of sp³-hybridized carbons (Fsp3) is 0.391. The number of nitrogens with zero attached hydrogens (tertiary/aromatic N) is 1. The van der Waals surface area contributed by atoms with Gasteiger partial charge in [-0.2, -0.15) is 13.2 Å². The van der Waals surface area contributed by atoms with Crippen LogP contribution >= 0.6 is 0 Å². The average molecular weight is 418 g/mol. The van der Waals surface area contributed by atoms with Crippen LogP contribution in [0.4, 0.5) is 13.2 Å². The minimum atomic E-state index is -4.59. The maximum atomic E-state index is 13.7. The van der Waals surface area contributed by atoms with E-state index in [1.54, 1.807) is 60.7 Å². The van der Waals surface area contributed by atoms with Crippen molar-refractivity contribution in [3.8, 4) is 0 Å². The molecule has 30 heavy (non-hydrogen) atoms. The number of rotatable bonds is 7. The minimum Gasteiger partial charge on any atom is -0.342 e. The van der Waals surface area contributed by atoms with Crippen molar-refractivity contribution in [2.45, 2.75) is 50.4 Å². The third kappa shape index (κ3) is 5.62. The Hall–Kier alpha value is -2.83. The molecular formula is C23H25F3N2O2. The van der Waals surface area contributed by atoms with Crippen molar-refractivity contribution < 1.29 is 22.8 Å². The van der Waals surface area contributed by atoms with Gasteiger partial charge in [-0.1, -0.05) is 60.7 Å². The van der Waals surface area contributed by atoms with E-state index in [2.05, 4.69) is 5.32 Å². The van der Waals surface area contributed by atoms with E-state index in [4.69, 9.17) is 0 Å². The zero-order valence-corrected chi connectivity index (χ0v) is 16.6. The van der Waals surface area contributed by atoms with Crippen molar-refractivity contribution in [3.63, 3.8) is 0 Å². The van der Waals surface area contributed by atoms with Crippen molar-refractivity contribution >= 4 is 11.8 Å². The summed E-state index contributed by atoms with van der Waals surface area (Å²) in [5.74, 6) is -1.01. The molecular weight excluding hydrogens is 393 g/mol. The smallest absolute Gasteiger partial charge is 0.342 e. The lowest BCUT2D eigenvalue weighted by atomic mass is 9.99. The molecule has 1 saturated heterocycles. The second kappa shape index (κ2) is 9.78. The maximum absolute atomic E-state index is 13.7. The number of alkyl halides is 3. The van der Waals surface area contributed by atoms with Gasteiger partial charge in [0.15, 0.2) is 0 Å². The Morgan fingerprint density at radius 1 is 1.00 bits per heavy atom. The Morgan fingerprint density at radius 2 is 1.63 bits per heavy atom. The molecule has 0 spiro atoms. The van der Waals surface area contributed by atoms with Gasteiger partial charge < -0.3 is 10.2 Å². The second-order valence-electron chi connectivity index (χ2n) is 7.48. The van der Waals surface area contributed by atoms with Crippen LogP contribution in [0, 0.1) is 0 Å². The van der Waals surface area contributed by atoms with E-state index < -0.39 is 24.2 Å². The van der Waals surface area contributed by atoms with Gasteiger partial charge in [-0.15, -0.1) is 0 Å². The number of likely N-dealkylation sites (tertiary alicyclic amines) is 1. The number of aryl methyl sites for hydroxylation is 1. The fourth-order valence-corrected chi connectivity index (χ4v) is 3.73. The Balaban J connectivity index is 1.80. The molecule has 160 valence electrons. The molecule has 1 heterocycles. The van der Waals surface area contributed by atoms with E-state index in [0.29, 0.717) is 18.5 Å². The van der Waals surface area contributed by atoms with Gasteiger partial charge in [-0.05, 0) is 36.8 Å². The minimum absolute atomic E-state index is 0.184. The molecule has 0 radical (unpaired) electrons. The number of hydrogen-bond donors (Lipinski definition) is 1. The van der Waals surface area contributed by atoms with Gasteiger partial charge in [-0.3, -0.25) is 9.59 Å². The monoisotopic (exact) mass is 418 g/mol. The quantitative estimate of drug-likeness (QED) is 0.724. The van der Waals surface area contributed by atoms with Crippen LogP contribution in [0.1, 0.15) is 42.9 Å². The predicted molar refractivity (Wildman–Crippen MR) is 107 cm³/mol. The van der Waals surface area contributed by atoms with E-state index in [9.17, 15) is 22.8 Å². The van der Waals surface area contributed by atoms with Gasteiger partial charge in [0.05, 0.1) is 0 Å². The summed E-state index contributed by atoms with van der Waals surface area (Å²) in [6.07, 6.45) is -2.93. The highest BCUT2D eigenvalue weighted by Crippen LogP contribution is 2.29. The van der Waals surface area contributed by atoms with Crippen LogP contribution in [-0.4, -0.2) is 35.5 Å². The highest BCUT2D eigenvalue weighted by Gasteiger charge is 2.42. The number of hydrogen-bond acceptors (Lipinski definition) is 2. The molecule has 1 aliphatic rings. The summed E-state index contributed by atoms with van der Waals surface area (Å²) in [7, 11) is 0. The molecule has 4 nitrogen and oxygen atoms in total.